The van der Waals surface area contributed by atoms with E-state index in [4.69, 9.17) is 0 Å². The van der Waals surface area contributed by atoms with Gasteiger partial charge in [0.1, 0.15) is 0 Å². The molecule has 2 aliphatic rings. The van der Waals surface area contributed by atoms with Crippen molar-refractivity contribution in [2.45, 2.75) is 24.7 Å². The van der Waals surface area contributed by atoms with Crippen molar-refractivity contribution in [1.29, 1.82) is 0 Å². The van der Waals surface area contributed by atoms with Gasteiger partial charge in [0, 0.05) is 22.4 Å². The number of rotatable bonds is 6. The molecule has 0 aliphatic heterocycles. The molecule has 0 radical (unpaired) electrons. The van der Waals surface area contributed by atoms with Gasteiger partial charge in [-0.1, -0.05) is 226 Å². The van der Waals surface area contributed by atoms with Crippen LogP contribution in [0.4, 0.5) is 17.1 Å². The summed E-state index contributed by atoms with van der Waals surface area (Å²) in [6.07, 6.45) is 0. The maximum absolute atomic E-state index is 2.55. The van der Waals surface area contributed by atoms with Crippen LogP contribution in [0.15, 0.2) is 249 Å². The zero-order valence-corrected chi connectivity index (χ0v) is 38.6. The molecule has 0 atom stereocenters. The van der Waals surface area contributed by atoms with Gasteiger partial charge in [0.25, 0.3) is 0 Å². The van der Waals surface area contributed by atoms with E-state index in [0.717, 1.165) is 11.4 Å². The highest BCUT2D eigenvalue weighted by Gasteiger charge is 2.47. The maximum atomic E-state index is 2.55. The molecule has 0 bridgehead atoms. The normalized spacial score (nSPS) is 13.9. The molecule has 0 aromatic heterocycles. The molecular formula is C68H47N. The van der Waals surface area contributed by atoms with Gasteiger partial charge in [-0.2, -0.15) is 0 Å². The van der Waals surface area contributed by atoms with Gasteiger partial charge < -0.3 is 4.90 Å². The molecule has 0 saturated carbocycles. The molecule has 0 saturated heterocycles. The second-order valence-electron chi connectivity index (χ2n) is 19.5. The maximum Gasteiger partial charge on any atom is 0.0714 e. The average Bonchev–Trinajstić information content (AvgIpc) is 3.85. The van der Waals surface area contributed by atoms with Crippen LogP contribution in [0.2, 0.25) is 0 Å². The van der Waals surface area contributed by atoms with Gasteiger partial charge in [-0.3, -0.25) is 0 Å². The summed E-state index contributed by atoms with van der Waals surface area (Å²) < 4.78 is 0. The van der Waals surface area contributed by atoms with E-state index in [2.05, 4.69) is 267 Å². The van der Waals surface area contributed by atoms with Crippen molar-refractivity contribution >= 4 is 60.2 Å². The Morgan fingerprint density at radius 1 is 0.319 bits per heavy atom. The first-order valence-electron chi connectivity index (χ1n) is 24.3. The van der Waals surface area contributed by atoms with Gasteiger partial charge in [0.05, 0.1) is 11.1 Å². The Labute approximate surface area is 403 Å². The Morgan fingerprint density at radius 3 is 1.48 bits per heavy atom. The smallest absolute Gasteiger partial charge is 0.0714 e. The first kappa shape index (κ1) is 39.6. The summed E-state index contributed by atoms with van der Waals surface area (Å²) in [4.78, 5) is 2.55. The lowest BCUT2D eigenvalue weighted by molar-refractivity contribution is 0.666. The molecule has 0 unspecified atom stereocenters. The van der Waals surface area contributed by atoms with Crippen molar-refractivity contribution < 1.29 is 0 Å². The van der Waals surface area contributed by atoms with Crippen LogP contribution in [0.1, 0.15) is 47.2 Å². The molecule has 14 rings (SSSR count). The first-order valence-corrected chi connectivity index (χ1v) is 24.3. The predicted molar refractivity (Wildman–Crippen MR) is 291 cm³/mol. The minimum atomic E-state index is -0.536. The van der Waals surface area contributed by atoms with E-state index in [9.17, 15) is 0 Å². The van der Waals surface area contributed by atoms with Crippen LogP contribution in [-0.2, 0) is 10.8 Å². The molecule has 12 aromatic rings. The Balaban J connectivity index is 1.02. The summed E-state index contributed by atoms with van der Waals surface area (Å²) in [5.41, 5.74) is 18.0. The van der Waals surface area contributed by atoms with Crippen molar-refractivity contribution in [3.63, 3.8) is 0 Å². The monoisotopic (exact) mass is 877 g/mol. The number of hydrogen-bond donors (Lipinski definition) is 0. The molecule has 69 heavy (non-hydrogen) atoms. The molecule has 1 heteroatoms. The van der Waals surface area contributed by atoms with Crippen LogP contribution in [0.5, 0.6) is 0 Å². The molecule has 0 N–H and O–H groups in total. The lowest BCUT2D eigenvalue weighted by Crippen LogP contribution is -2.28. The van der Waals surface area contributed by atoms with E-state index < -0.39 is 5.41 Å². The predicted octanol–water partition coefficient (Wildman–Crippen LogP) is 18.1. The summed E-state index contributed by atoms with van der Waals surface area (Å²) in [7, 11) is 0. The zero-order chi connectivity index (χ0) is 45.8. The zero-order valence-electron chi connectivity index (χ0n) is 38.6. The van der Waals surface area contributed by atoms with Gasteiger partial charge in [0.15, 0.2) is 0 Å². The minimum absolute atomic E-state index is 0.210. The highest BCUT2D eigenvalue weighted by atomic mass is 15.1. The fourth-order valence-corrected chi connectivity index (χ4v) is 12.7. The van der Waals surface area contributed by atoms with Crippen LogP contribution in [-0.4, -0.2) is 0 Å². The number of benzene rings is 12. The van der Waals surface area contributed by atoms with Crippen LogP contribution >= 0.6 is 0 Å². The summed E-state index contributed by atoms with van der Waals surface area (Å²) in [5, 5.41) is 10.3. The van der Waals surface area contributed by atoms with E-state index in [1.54, 1.807) is 0 Å². The molecular weight excluding hydrogens is 831 g/mol. The van der Waals surface area contributed by atoms with Crippen LogP contribution in [0.3, 0.4) is 0 Å². The Hall–Kier alpha value is -8.52. The van der Waals surface area contributed by atoms with Crippen molar-refractivity contribution in [1.82, 2.24) is 0 Å². The average molecular weight is 878 g/mol. The van der Waals surface area contributed by atoms with Crippen LogP contribution in [0.25, 0.3) is 76.5 Å². The van der Waals surface area contributed by atoms with E-state index in [-0.39, 0.29) is 5.41 Å². The lowest BCUT2D eigenvalue weighted by atomic mass is 9.67. The van der Waals surface area contributed by atoms with E-state index >= 15 is 0 Å². The second-order valence-corrected chi connectivity index (χ2v) is 19.5. The molecule has 1 nitrogen and oxygen atoms in total. The first-order chi connectivity index (χ1) is 34.0. The minimum Gasteiger partial charge on any atom is -0.310 e. The molecule has 12 aromatic carbocycles. The molecule has 0 spiro atoms. The summed E-state index contributed by atoms with van der Waals surface area (Å²) in [6, 6.07) is 93.2. The molecule has 0 fully saturated rings. The summed E-state index contributed by atoms with van der Waals surface area (Å²) >= 11 is 0. The van der Waals surface area contributed by atoms with Gasteiger partial charge in [-0.25, -0.2) is 0 Å². The highest BCUT2D eigenvalue weighted by molar-refractivity contribution is 6.25. The van der Waals surface area contributed by atoms with Gasteiger partial charge in [0.2, 0.25) is 0 Å². The van der Waals surface area contributed by atoms with E-state index in [1.807, 2.05) is 0 Å². The number of fused-ring (bicyclic) bond motifs is 14. The number of nitrogens with zero attached hydrogens (tertiary/aromatic N) is 1. The largest absolute Gasteiger partial charge is 0.310 e. The van der Waals surface area contributed by atoms with Crippen molar-refractivity contribution in [3.8, 4) is 33.4 Å². The van der Waals surface area contributed by atoms with Crippen LogP contribution in [0, 0.1) is 0 Å². The topological polar surface area (TPSA) is 3.24 Å². The summed E-state index contributed by atoms with van der Waals surface area (Å²) in [6.45, 7) is 4.81. The Morgan fingerprint density at radius 2 is 0.812 bits per heavy atom. The van der Waals surface area contributed by atoms with Gasteiger partial charge in [-0.05, 0) is 141 Å². The van der Waals surface area contributed by atoms with Crippen molar-refractivity contribution in [2.24, 2.45) is 0 Å². The third-order valence-electron chi connectivity index (χ3n) is 15.7. The van der Waals surface area contributed by atoms with Crippen molar-refractivity contribution in [2.75, 3.05) is 4.90 Å². The summed E-state index contributed by atoms with van der Waals surface area (Å²) in [5.74, 6) is 0. The SMILES string of the molecule is CC1(C)c2ccccc2-c2c(N(c3ccc(-c4ccc5c6ccccc6c6ccccc6c5c4)cc3)c3ccc4c(c3)C(c3ccccc3)(c3ccccc3)c3ccccc3-4)cc3ccccc3c21. The Kier molecular flexibility index (Phi) is 8.61. The molecule has 0 amide bonds. The molecule has 2 aliphatic carbocycles. The lowest BCUT2D eigenvalue weighted by Gasteiger charge is -2.35. The van der Waals surface area contributed by atoms with Gasteiger partial charge >= 0.3 is 0 Å². The van der Waals surface area contributed by atoms with Gasteiger partial charge in [-0.15, -0.1) is 0 Å². The fraction of sp³-hybridized carbons (Fsp3) is 0.0588. The third kappa shape index (κ3) is 5.65. The van der Waals surface area contributed by atoms with Crippen LogP contribution < -0.4 is 4.90 Å². The quantitative estimate of drug-likeness (QED) is 0.150. The second kappa shape index (κ2) is 15.0. The fourth-order valence-electron chi connectivity index (χ4n) is 12.7. The number of hydrogen-bond acceptors (Lipinski definition) is 1. The third-order valence-corrected chi connectivity index (χ3v) is 15.7. The molecule has 0 heterocycles. The van der Waals surface area contributed by atoms with E-state index in [1.165, 1.54) is 116 Å². The van der Waals surface area contributed by atoms with Crippen molar-refractivity contribution in [3.05, 3.63) is 282 Å². The number of anilines is 3. The van der Waals surface area contributed by atoms with E-state index in [0.29, 0.717) is 0 Å². The Bertz CT molecular complexity index is 3960. The highest BCUT2D eigenvalue weighted by Crippen LogP contribution is 2.60. The standard InChI is InChI=1S/C68H47N/c1-67(2)61-31-17-16-30-59(61)65-64(42-46-19-9-10-24-51(46)66(65)67)69(49-36-33-44(34-37-49)45-35-39-56-54-27-12-11-25-52(54)53-26-13-14-28-55(53)60(56)41-45)50-38-40-58-57-29-15-18-32-62(57)68(63(58)43-50,47-20-5-3-6-21-47)48-22-7-4-8-23-48/h3-43H,1-2H3. The molecule has 324 valence electrons.